The van der Waals surface area contributed by atoms with Gasteiger partial charge in [-0.25, -0.2) is 4.39 Å². The van der Waals surface area contributed by atoms with Gasteiger partial charge >= 0.3 is 0 Å². The largest absolute Gasteiger partial charge is 0.414 e. The Bertz CT molecular complexity index is 501. The van der Waals surface area contributed by atoms with Crippen LogP contribution in [0.5, 0.6) is 0 Å². The van der Waals surface area contributed by atoms with Gasteiger partial charge in [0.2, 0.25) is 5.89 Å². The molecule has 90 valence electrons. The molecule has 0 radical (unpaired) electrons. The van der Waals surface area contributed by atoms with Crippen LogP contribution < -0.4 is 5.73 Å². The van der Waals surface area contributed by atoms with Gasteiger partial charge in [0.05, 0.1) is 6.04 Å². The average Bonchev–Trinajstić information content (AvgIpc) is 2.75. The minimum atomic E-state index is -0.272. The van der Waals surface area contributed by atoms with E-state index in [-0.39, 0.29) is 11.9 Å². The number of hydrogen-bond donors (Lipinski definition) is 1. The maximum absolute atomic E-state index is 12.9. The molecule has 2 rings (SSSR count). The molecule has 0 aliphatic carbocycles. The van der Waals surface area contributed by atoms with Gasteiger partial charge in [0, 0.05) is 5.75 Å². The Balaban J connectivity index is 1.97. The predicted molar refractivity (Wildman–Crippen MR) is 62.9 cm³/mol. The first kappa shape index (κ1) is 12.1. The van der Waals surface area contributed by atoms with Crippen LogP contribution in [0.15, 0.2) is 33.9 Å². The lowest BCUT2D eigenvalue weighted by molar-refractivity contribution is 0.394. The van der Waals surface area contributed by atoms with Crippen LogP contribution in [-0.2, 0) is 5.75 Å². The summed E-state index contributed by atoms with van der Waals surface area (Å²) in [5.41, 5.74) is 6.47. The number of hydrogen-bond acceptors (Lipinski definition) is 5. The fraction of sp³-hybridized carbons (Fsp3) is 0.273. The summed E-state index contributed by atoms with van der Waals surface area (Å²) >= 11 is 1.36. The van der Waals surface area contributed by atoms with Gasteiger partial charge in [-0.1, -0.05) is 23.9 Å². The molecule has 0 saturated carbocycles. The lowest BCUT2D eigenvalue weighted by Crippen LogP contribution is -2.04. The van der Waals surface area contributed by atoms with Crippen LogP contribution >= 0.6 is 11.8 Å². The highest BCUT2D eigenvalue weighted by Crippen LogP contribution is 2.22. The molecule has 0 aliphatic rings. The lowest BCUT2D eigenvalue weighted by atomic mass is 10.2. The second kappa shape index (κ2) is 5.29. The molecule has 1 aromatic heterocycles. The Kier molecular flexibility index (Phi) is 3.75. The molecule has 0 fully saturated rings. The van der Waals surface area contributed by atoms with Gasteiger partial charge in [-0.15, -0.1) is 10.2 Å². The van der Waals surface area contributed by atoms with Crippen LogP contribution in [0.1, 0.15) is 24.4 Å². The molecule has 0 aliphatic heterocycles. The molecule has 0 spiro atoms. The first-order chi connectivity index (χ1) is 8.15. The van der Waals surface area contributed by atoms with E-state index in [9.17, 15) is 4.39 Å². The van der Waals surface area contributed by atoms with Crippen LogP contribution in [0.25, 0.3) is 0 Å². The van der Waals surface area contributed by atoms with Crippen molar-refractivity contribution >= 4 is 11.8 Å². The third kappa shape index (κ3) is 3.28. The predicted octanol–water partition coefficient (Wildman–Crippen LogP) is 2.52. The van der Waals surface area contributed by atoms with Crippen molar-refractivity contribution in [1.29, 1.82) is 0 Å². The zero-order chi connectivity index (χ0) is 12.3. The zero-order valence-corrected chi connectivity index (χ0v) is 10.1. The maximum Gasteiger partial charge on any atom is 0.276 e. The Labute approximate surface area is 102 Å². The highest BCUT2D eigenvalue weighted by atomic mass is 32.2. The number of rotatable bonds is 4. The molecule has 2 N–H and O–H groups in total. The van der Waals surface area contributed by atoms with Crippen molar-refractivity contribution in [2.24, 2.45) is 5.73 Å². The standard InChI is InChI=1S/C11H12FN3OS/c1-7(13)10-14-15-11(16-10)17-6-8-3-2-4-9(12)5-8/h2-5,7H,6,13H2,1H3/t7-/m0/s1. The molecule has 17 heavy (non-hydrogen) atoms. The van der Waals surface area contributed by atoms with Gasteiger partial charge in [0.15, 0.2) is 0 Å². The van der Waals surface area contributed by atoms with E-state index in [1.54, 1.807) is 13.0 Å². The fourth-order valence-electron chi connectivity index (χ4n) is 1.23. The summed E-state index contributed by atoms with van der Waals surface area (Å²) < 4.78 is 18.2. The molecule has 1 heterocycles. The summed E-state index contributed by atoms with van der Waals surface area (Å²) in [6.07, 6.45) is 0. The Morgan fingerprint density at radius 2 is 2.29 bits per heavy atom. The van der Waals surface area contributed by atoms with Crippen LogP contribution in [-0.4, -0.2) is 10.2 Å². The van der Waals surface area contributed by atoms with Gasteiger partial charge < -0.3 is 10.2 Å². The molecule has 1 atom stereocenters. The first-order valence-corrected chi connectivity index (χ1v) is 6.10. The number of nitrogens with zero attached hydrogens (tertiary/aromatic N) is 2. The van der Waals surface area contributed by atoms with Crippen molar-refractivity contribution in [2.75, 3.05) is 0 Å². The molecule has 0 bridgehead atoms. The normalized spacial score (nSPS) is 12.6. The van der Waals surface area contributed by atoms with E-state index < -0.39 is 0 Å². The quantitative estimate of drug-likeness (QED) is 0.848. The fourth-order valence-corrected chi connectivity index (χ4v) is 1.95. The van der Waals surface area contributed by atoms with E-state index >= 15 is 0 Å². The Morgan fingerprint density at radius 3 is 2.94 bits per heavy atom. The Morgan fingerprint density at radius 1 is 1.47 bits per heavy atom. The highest BCUT2D eigenvalue weighted by Gasteiger charge is 2.10. The topological polar surface area (TPSA) is 64.9 Å². The summed E-state index contributed by atoms with van der Waals surface area (Å²) in [5, 5.41) is 8.10. The molecular weight excluding hydrogens is 241 g/mol. The third-order valence-corrected chi connectivity index (χ3v) is 2.95. The van der Waals surface area contributed by atoms with Crippen molar-refractivity contribution in [3.63, 3.8) is 0 Å². The van der Waals surface area contributed by atoms with E-state index in [4.69, 9.17) is 10.2 Å². The maximum atomic E-state index is 12.9. The summed E-state index contributed by atoms with van der Waals surface area (Å²) in [6, 6.07) is 6.14. The summed E-state index contributed by atoms with van der Waals surface area (Å²) in [5.74, 6) is 0.745. The highest BCUT2D eigenvalue weighted by molar-refractivity contribution is 7.98. The summed E-state index contributed by atoms with van der Waals surface area (Å²) in [6.45, 7) is 1.77. The number of halogens is 1. The van der Waals surface area contributed by atoms with Crippen molar-refractivity contribution in [3.8, 4) is 0 Å². The molecule has 4 nitrogen and oxygen atoms in total. The van der Waals surface area contributed by atoms with Crippen molar-refractivity contribution in [2.45, 2.75) is 23.9 Å². The SMILES string of the molecule is C[C@H](N)c1nnc(SCc2cccc(F)c2)o1. The van der Waals surface area contributed by atoms with Gasteiger partial charge in [0.1, 0.15) is 5.82 Å². The van der Waals surface area contributed by atoms with Crippen LogP contribution in [0.3, 0.4) is 0 Å². The number of aromatic nitrogens is 2. The molecule has 0 amide bonds. The second-order valence-electron chi connectivity index (χ2n) is 3.61. The van der Waals surface area contributed by atoms with Gasteiger partial charge in [-0.2, -0.15) is 0 Å². The van der Waals surface area contributed by atoms with Crippen LogP contribution in [0.4, 0.5) is 4.39 Å². The number of nitrogens with two attached hydrogens (primary N) is 1. The zero-order valence-electron chi connectivity index (χ0n) is 9.26. The molecular formula is C11H12FN3OS. The van der Waals surface area contributed by atoms with E-state index in [1.165, 1.54) is 23.9 Å². The van der Waals surface area contributed by atoms with Crippen LogP contribution in [0, 0.1) is 5.82 Å². The second-order valence-corrected chi connectivity index (χ2v) is 4.54. The van der Waals surface area contributed by atoms with Gasteiger partial charge in [-0.05, 0) is 24.6 Å². The lowest BCUT2D eigenvalue weighted by Gasteiger charge is -1.98. The van der Waals surface area contributed by atoms with E-state index in [0.717, 1.165) is 5.56 Å². The Hall–Kier alpha value is -1.40. The van der Waals surface area contributed by atoms with Gasteiger partial charge in [-0.3, -0.25) is 0 Å². The van der Waals surface area contributed by atoms with Crippen molar-refractivity contribution in [3.05, 3.63) is 41.5 Å². The van der Waals surface area contributed by atoms with Crippen LogP contribution in [0.2, 0.25) is 0 Å². The monoisotopic (exact) mass is 253 g/mol. The summed E-state index contributed by atoms with van der Waals surface area (Å²) in [7, 11) is 0. The number of thioether (sulfide) groups is 1. The number of benzene rings is 1. The molecule has 0 unspecified atom stereocenters. The smallest absolute Gasteiger partial charge is 0.276 e. The van der Waals surface area contributed by atoms with Crippen molar-refractivity contribution < 1.29 is 8.81 Å². The van der Waals surface area contributed by atoms with E-state index in [2.05, 4.69) is 10.2 Å². The van der Waals surface area contributed by atoms with E-state index in [0.29, 0.717) is 16.9 Å². The average molecular weight is 253 g/mol. The molecule has 6 heteroatoms. The minimum Gasteiger partial charge on any atom is -0.414 e. The summed E-state index contributed by atoms with van der Waals surface area (Å²) in [4.78, 5) is 0. The van der Waals surface area contributed by atoms with Crippen molar-refractivity contribution in [1.82, 2.24) is 10.2 Å². The van der Waals surface area contributed by atoms with E-state index in [1.807, 2.05) is 6.07 Å². The minimum absolute atomic E-state index is 0.245. The molecule has 2 aromatic rings. The molecule has 0 saturated heterocycles. The van der Waals surface area contributed by atoms with Gasteiger partial charge in [0.25, 0.3) is 5.22 Å². The third-order valence-electron chi connectivity index (χ3n) is 2.06. The molecule has 1 aromatic carbocycles. The first-order valence-electron chi connectivity index (χ1n) is 5.11.